The van der Waals surface area contributed by atoms with Gasteiger partial charge in [-0.2, -0.15) is 0 Å². The van der Waals surface area contributed by atoms with Crippen LogP contribution in [-0.4, -0.2) is 19.5 Å². The first-order valence-corrected chi connectivity index (χ1v) is 8.95. The van der Waals surface area contributed by atoms with Crippen LogP contribution in [0.5, 0.6) is 0 Å². The van der Waals surface area contributed by atoms with Crippen LogP contribution in [-0.2, 0) is 4.43 Å². The van der Waals surface area contributed by atoms with Gasteiger partial charge in [-0.05, 0) is 37.2 Å². The second kappa shape index (κ2) is 4.96. The van der Waals surface area contributed by atoms with Gasteiger partial charge in [0.2, 0.25) is 0 Å². The highest BCUT2D eigenvalue weighted by Gasteiger charge is 2.39. The SMILES string of the molecule is C[C@@H](O[Si](C)(C)C(C)(C)C)[C@H](O)c1ccco1. The lowest BCUT2D eigenvalue weighted by Gasteiger charge is -2.39. The molecule has 0 amide bonds. The van der Waals surface area contributed by atoms with Crippen LogP contribution >= 0.6 is 0 Å². The Bertz CT molecular complexity index is 338. The van der Waals surface area contributed by atoms with Crippen molar-refractivity contribution in [2.45, 2.75) is 58.0 Å². The average Bonchev–Trinajstić information content (AvgIpc) is 2.66. The fraction of sp³-hybridized carbons (Fsp3) is 0.692. The zero-order valence-corrected chi connectivity index (χ0v) is 12.7. The molecule has 4 heteroatoms. The van der Waals surface area contributed by atoms with Crippen molar-refractivity contribution < 1.29 is 13.9 Å². The Morgan fingerprint density at radius 3 is 2.35 bits per heavy atom. The normalized spacial score (nSPS) is 16.9. The number of aliphatic hydroxyl groups is 1. The molecule has 3 nitrogen and oxygen atoms in total. The summed E-state index contributed by atoms with van der Waals surface area (Å²) in [7, 11) is -1.84. The Morgan fingerprint density at radius 2 is 1.94 bits per heavy atom. The number of furan rings is 1. The summed E-state index contributed by atoms with van der Waals surface area (Å²) in [6.45, 7) is 12.8. The molecule has 0 aromatic carbocycles. The number of rotatable bonds is 4. The minimum Gasteiger partial charge on any atom is -0.466 e. The van der Waals surface area contributed by atoms with Gasteiger partial charge < -0.3 is 13.9 Å². The van der Waals surface area contributed by atoms with Gasteiger partial charge in [0, 0.05) is 0 Å². The van der Waals surface area contributed by atoms with Crippen LogP contribution in [0, 0.1) is 0 Å². The molecular formula is C13H24O3Si. The molecule has 0 unspecified atom stereocenters. The summed E-state index contributed by atoms with van der Waals surface area (Å²) < 4.78 is 11.3. The first-order valence-electron chi connectivity index (χ1n) is 6.04. The van der Waals surface area contributed by atoms with E-state index in [0.29, 0.717) is 5.76 Å². The van der Waals surface area contributed by atoms with Gasteiger partial charge in [-0.25, -0.2) is 0 Å². The topological polar surface area (TPSA) is 42.6 Å². The highest BCUT2D eigenvalue weighted by atomic mass is 28.4. The van der Waals surface area contributed by atoms with Gasteiger partial charge in [-0.15, -0.1) is 0 Å². The molecule has 0 aliphatic rings. The molecule has 0 bridgehead atoms. The summed E-state index contributed by atoms with van der Waals surface area (Å²) in [5, 5.41) is 10.3. The molecule has 0 aliphatic heterocycles. The molecule has 0 aliphatic carbocycles. The third-order valence-electron chi connectivity index (χ3n) is 3.57. The first-order chi connectivity index (χ1) is 7.65. The molecule has 1 N–H and O–H groups in total. The van der Waals surface area contributed by atoms with Crippen LogP contribution in [0.4, 0.5) is 0 Å². The predicted molar refractivity (Wildman–Crippen MR) is 71.4 cm³/mol. The van der Waals surface area contributed by atoms with Crippen LogP contribution in [0.25, 0.3) is 0 Å². The molecular weight excluding hydrogens is 232 g/mol. The lowest BCUT2D eigenvalue weighted by atomic mass is 10.2. The Kier molecular flexibility index (Phi) is 4.22. The number of hydrogen-bond donors (Lipinski definition) is 1. The molecule has 0 saturated carbocycles. The van der Waals surface area contributed by atoms with E-state index in [9.17, 15) is 5.11 Å². The standard InChI is InChI=1S/C13H24O3Si/c1-10(12(14)11-8-7-9-15-11)16-17(5,6)13(2,3)4/h7-10,12,14H,1-6H3/t10-,12+/m1/s1. The molecule has 17 heavy (non-hydrogen) atoms. The quantitative estimate of drug-likeness (QED) is 0.835. The first kappa shape index (κ1) is 14.5. The van der Waals surface area contributed by atoms with Crippen molar-refractivity contribution >= 4 is 8.32 Å². The third kappa shape index (κ3) is 3.44. The van der Waals surface area contributed by atoms with Crippen molar-refractivity contribution in [2.75, 3.05) is 0 Å². The predicted octanol–water partition coefficient (Wildman–Crippen LogP) is 3.72. The second-order valence-electron chi connectivity index (χ2n) is 6.04. The van der Waals surface area contributed by atoms with Gasteiger partial charge in [0.1, 0.15) is 11.9 Å². The molecule has 1 rings (SSSR count). The van der Waals surface area contributed by atoms with Crippen molar-refractivity contribution in [3.8, 4) is 0 Å². The third-order valence-corrected chi connectivity index (χ3v) is 8.14. The summed E-state index contributed by atoms with van der Waals surface area (Å²) in [5.74, 6) is 0.566. The highest BCUT2D eigenvalue weighted by molar-refractivity contribution is 6.74. The minimum atomic E-state index is -1.84. The van der Waals surface area contributed by atoms with E-state index in [1.54, 1.807) is 18.4 Å². The smallest absolute Gasteiger partial charge is 0.192 e. The fourth-order valence-electron chi connectivity index (χ4n) is 1.40. The van der Waals surface area contributed by atoms with Crippen molar-refractivity contribution in [1.82, 2.24) is 0 Å². The molecule has 0 fully saturated rings. The molecule has 98 valence electrons. The molecule has 0 radical (unpaired) electrons. The zero-order chi connectivity index (χ0) is 13.3. The maximum atomic E-state index is 10.1. The van der Waals surface area contributed by atoms with Gasteiger partial charge in [0.15, 0.2) is 8.32 Å². The monoisotopic (exact) mass is 256 g/mol. The van der Waals surface area contributed by atoms with Crippen molar-refractivity contribution in [3.63, 3.8) is 0 Å². The van der Waals surface area contributed by atoms with Gasteiger partial charge in [-0.1, -0.05) is 20.8 Å². The van der Waals surface area contributed by atoms with Crippen molar-refractivity contribution in [1.29, 1.82) is 0 Å². The summed E-state index contributed by atoms with van der Waals surface area (Å²) in [6, 6.07) is 3.55. The van der Waals surface area contributed by atoms with E-state index in [2.05, 4.69) is 33.9 Å². The van der Waals surface area contributed by atoms with Gasteiger partial charge >= 0.3 is 0 Å². The summed E-state index contributed by atoms with van der Waals surface area (Å²) in [6.07, 6.45) is 0.624. The van der Waals surface area contributed by atoms with Gasteiger partial charge in [-0.3, -0.25) is 0 Å². The van der Waals surface area contributed by atoms with E-state index in [0.717, 1.165) is 0 Å². The Balaban J connectivity index is 2.70. The van der Waals surface area contributed by atoms with Crippen LogP contribution in [0.15, 0.2) is 22.8 Å². The van der Waals surface area contributed by atoms with E-state index >= 15 is 0 Å². The van der Waals surface area contributed by atoms with E-state index in [-0.39, 0.29) is 11.1 Å². The molecule has 1 aromatic rings. The molecule has 1 aromatic heterocycles. The maximum absolute atomic E-state index is 10.1. The van der Waals surface area contributed by atoms with Gasteiger partial charge in [0.25, 0.3) is 0 Å². The van der Waals surface area contributed by atoms with Crippen LogP contribution < -0.4 is 0 Å². The second-order valence-corrected chi connectivity index (χ2v) is 10.8. The summed E-state index contributed by atoms with van der Waals surface area (Å²) in [5.41, 5.74) is 0. The largest absolute Gasteiger partial charge is 0.466 e. The maximum Gasteiger partial charge on any atom is 0.192 e. The van der Waals surface area contributed by atoms with Crippen LogP contribution in [0.2, 0.25) is 18.1 Å². The Hall–Kier alpha value is -0.583. The fourth-order valence-corrected chi connectivity index (χ4v) is 2.81. The van der Waals surface area contributed by atoms with E-state index < -0.39 is 14.4 Å². The van der Waals surface area contributed by atoms with Crippen LogP contribution in [0.1, 0.15) is 39.6 Å². The van der Waals surface area contributed by atoms with E-state index in [1.807, 2.05) is 6.92 Å². The number of aliphatic hydroxyl groups excluding tert-OH is 1. The van der Waals surface area contributed by atoms with Gasteiger partial charge in [0.05, 0.1) is 12.4 Å². The highest BCUT2D eigenvalue weighted by Crippen LogP contribution is 2.38. The molecule has 1 heterocycles. The van der Waals surface area contributed by atoms with E-state index in [4.69, 9.17) is 8.84 Å². The average molecular weight is 256 g/mol. The Labute approximate surface area is 105 Å². The van der Waals surface area contributed by atoms with Crippen LogP contribution in [0.3, 0.4) is 0 Å². The molecule has 0 spiro atoms. The van der Waals surface area contributed by atoms with Crippen molar-refractivity contribution in [3.05, 3.63) is 24.2 Å². The van der Waals surface area contributed by atoms with Crippen molar-refractivity contribution in [2.24, 2.45) is 0 Å². The van der Waals surface area contributed by atoms with E-state index in [1.165, 1.54) is 0 Å². The molecule has 2 atom stereocenters. The Morgan fingerprint density at radius 1 is 1.35 bits per heavy atom. The summed E-state index contributed by atoms with van der Waals surface area (Å²) >= 11 is 0. The summed E-state index contributed by atoms with van der Waals surface area (Å²) in [4.78, 5) is 0. The molecule has 0 saturated heterocycles. The lowest BCUT2D eigenvalue weighted by Crippen LogP contribution is -2.44. The number of hydrogen-bond acceptors (Lipinski definition) is 3. The lowest BCUT2D eigenvalue weighted by molar-refractivity contribution is 0.0240. The zero-order valence-electron chi connectivity index (χ0n) is 11.7. The minimum absolute atomic E-state index is 0.143.